The first kappa shape index (κ1) is 14.0. The molecule has 1 N–H and O–H groups in total. The lowest BCUT2D eigenvalue weighted by Gasteiger charge is -2.08. The number of rotatable bonds is 2. The van der Waals surface area contributed by atoms with Crippen LogP contribution in [-0.4, -0.2) is 10.9 Å². The Labute approximate surface area is 125 Å². The number of hydrogen-bond acceptors (Lipinski definition) is 2. The van der Waals surface area contributed by atoms with E-state index in [0.29, 0.717) is 16.4 Å². The number of aryl methyl sites for hydroxylation is 2. The standard InChI is InChI=1S/C14H12BrClN2O/c1-8-5-9(2)17-13(6-8)18-14(19)11-7-10(15)3-4-12(11)16/h3-7H,1-2H3,(H,17,18,19). The largest absolute Gasteiger partial charge is 0.307 e. The molecule has 1 heterocycles. The van der Waals surface area contributed by atoms with Crippen LogP contribution in [-0.2, 0) is 0 Å². The molecule has 0 bridgehead atoms. The van der Waals surface area contributed by atoms with E-state index in [1.165, 1.54) is 0 Å². The summed E-state index contributed by atoms with van der Waals surface area (Å²) >= 11 is 9.34. The van der Waals surface area contributed by atoms with Gasteiger partial charge in [0, 0.05) is 10.2 Å². The van der Waals surface area contributed by atoms with E-state index in [2.05, 4.69) is 26.2 Å². The summed E-state index contributed by atoms with van der Waals surface area (Å²) in [6.07, 6.45) is 0. The van der Waals surface area contributed by atoms with Crippen LogP contribution in [0.2, 0.25) is 5.02 Å². The zero-order valence-electron chi connectivity index (χ0n) is 10.5. The smallest absolute Gasteiger partial charge is 0.258 e. The quantitative estimate of drug-likeness (QED) is 0.883. The van der Waals surface area contributed by atoms with Gasteiger partial charge in [-0.3, -0.25) is 4.79 Å². The van der Waals surface area contributed by atoms with Crippen molar-refractivity contribution in [1.29, 1.82) is 0 Å². The predicted molar refractivity (Wildman–Crippen MR) is 80.8 cm³/mol. The molecular weight excluding hydrogens is 328 g/mol. The molecule has 3 nitrogen and oxygen atoms in total. The second-order valence-corrected chi connectivity index (χ2v) is 5.57. The van der Waals surface area contributed by atoms with E-state index in [-0.39, 0.29) is 5.91 Å². The van der Waals surface area contributed by atoms with E-state index in [0.717, 1.165) is 15.7 Å². The van der Waals surface area contributed by atoms with Crippen molar-refractivity contribution in [3.05, 3.63) is 56.6 Å². The molecule has 0 atom stereocenters. The summed E-state index contributed by atoms with van der Waals surface area (Å²) in [5.74, 6) is 0.252. The molecule has 1 aromatic heterocycles. The Balaban J connectivity index is 2.28. The molecule has 5 heteroatoms. The van der Waals surface area contributed by atoms with Gasteiger partial charge in [0.25, 0.3) is 5.91 Å². The Morgan fingerprint density at radius 1 is 1.26 bits per heavy atom. The van der Waals surface area contributed by atoms with Gasteiger partial charge in [0.1, 0.15) is 5.82 Å². The molecule has 19 heavy (non-hydrogen) atoms. The molecule has 0 unspecified atom stereocenters. The SMILES string of the molecule is Cc1cc(C)nc(NC(=O)c2cc(Br)ccc2Cl)c1. The number of benzene rings is 1. The summed E-state index contributed by atoms with van der Waals surface area (Å²) in [5.41, 5.74) is 2.32. The first-order valence-electron chi connectivity index (χ1n) is 5.67. The van der Waals surface area contributed by atoms with Crippen LogP contribution < -0.4 is 5.32 Å². The third-order valence-corrected chi connectivity index (χ3v) is 3.34. The lowest BCUT2D eigenvalue weighted by Crippen LogP contribution is -2.14. The van der Waals surface area contributed by atoms with Crippen LogP contribution in [0.3, 0.4) is 0 Å². The maximum absolute atomic E-state index is 12.2. The monoisotopic (exact) mass is 338 g/mol. The lowest BCUT2D eigenvalue weighted by atomic mass is 10.2. The van der Waals surface area contributed by atoms with E-state index in [4.69, 9.17) is 11.6 Å². The van der Waals surface area contributed by atoms with Crippen molar-refractivity contribution in [2.24, 2.45) is 0 Å². The van der Waals surface area contributed by atoms with Crippen LogP contribution >= 0.6 is 27.5 Å². The minimum Gasteiger partial charge on any atom is -0.307 e. The number of pyridine rings is 1. The number of amides is 1. The summed E-state index contributed by atoms with van der Waals surface area (Å²) in [6, 6.07) is 8.91. The van der Waals surface area contributed by atoms with Gasteiger partial charge < -0.3 is 5.32 Å². The van der Waals surface area contributed by atoms with Gasteiger partial charge in [-0.1, -0.05) is 27.5 Å². The van der Waals surface area contributed by atoms with Crippen LogP contribution in [0.4, 0.5) is 5.82 Å². The summed E-state index contributed by atoms with van der Waals surface area (Å²) in [6.45, 7) is 3.84. The average molecular weight is 340 g/mol. The maximum atomic E-state index is 12.2. The number of carbonyl (C=O) groups is 1. The second-order valence-electron chi connectivity index (χ2n) is 4.25. The molecule has 2 rings (SSSR count). The molecule has 0 saturated carbocycles. The second kappa shape index (κ2) is 5.72. The number of hydrogen-bond donors (Lipinski definition) is 1. The van der Waals surface area contributed by atoms with Crippen LogP contribution in [0.15, 0.2) is 34.8 Å². The van der Waals surface area contributed by atoms with Crippen molar-refractivity contribution >= 4 is 39.3 Å². The first-order chi connectivity index (χ1) is 8.95. The number of carbonyl (C=O) groups excluding carboxylic acids is 1. The van der Waals surface area contributed by atoms with Gasteiger partial charge in [-0.25, -0.2) is 4.98 Å². The highest BCUT2D eigenvalue weighted by Gasteiger charge is 2.12. The molecule has 0 radical (unpaired) electrons. The minimum atomic E-state index is -0.274. The van der Waals surface area contributed by atoms with Crippen molar-refractivity contribution in [2.75, 3.05) is 5.32 Å². The molecule has 0 aliphatic heterocycles. The number of nitrogens with one attached hydrogen (secondary N) is 1. The van der Waals surface area contributed by atoms with E-state index in [9.17, 15) is 4.79 Å². The molecule has 0 fully saturated rings. The van der Waals surface area contributed by atoms with Crippen molar-refractivity contribution < 1.29 is 4.79 Å². The first-order valence-corrected chi connectivity index (χ1v) is 6.84. The highest BCUT2D eigenvalue weighted by molar-refractivity contribution is 9.10. The van der Waals surface area contributed by atoms with Crippen molar-refractivity contribution in [3.8, 4) is 0 Å². The zero-order valence-corrected chi connectivity index (χ0v) is 12.8. The Kier molecular flexibility index (Phi) is 4.22. The van der Waals surface area contributed by atoms with Crippen LogP contribution in [0.5, 0.6) is 0 Å². The molecule has 0 spiro atoms. The predicted octanol–water partition coefficient (Wildman–Crippen LogP) is 4.37. The van der Waals surface area contributed by atoms with Gasteiger partial charge in [-0.05, 0) is 49.7 Å². The number of anilines is 1. The molecule has 1 amide bonds. The molecule has 0 aliphatic carbocycles. The Hall–Kier alpha value is -1.39. The number of aromatic nitrogens is 1. The van der Waals surface area contributed by atoms with Gasteiger partial charge in [-0.15, -0.1) is 0 Å². The highest BCUT2D eigenvalue weighted by atomic mass is 79.9. The molecule has 1 aromatic carbocycles. The van der Waals surface area contributed by atoms with Gasteiger partial charge in [0.05, 0.1) is 10.6 Å². The van der Waals surface area contributed by atoms with E-state index < -0.39 is 0 Å². The normalized spacial score (nSPS) is 10.3. The van der Waals surface area contributed by atoms with Crippen LogP contribution in [0.1, 0.15) is 21.6 Å². The lowest BCUT2D eigenvalue weighted by molar-refractivity contribution is 0.102. The van der Waals surface area contributed by atoms with E-state index >= 15 is 0 Å². The highest BCUT2D eigenvalue weighted by Crippen LogP contribution is 2.22. The topological polar surface area (TPSA) is 42.0 Å². The number of halogens is 2. The Morgan fingerprint density at radius 2 is 2.00 bits per heavy atom. The fourth-order valence-electron chi connectivity index (χ4n) is 1.76. The third kappa shape index (κ3) is 3.55. The third-order valence-electron chi connectivity index (χ3n) is 2.51. The summed E-state index contributed by atoms with van der Waals surface area (Å²) < 4.78 is 0.801. The molecule has 2 aromatic rings. The molecular formula is C14H12BrClN2O. The van der Waals surface area contributed by atoms with E-state index in [1.807, 2.05) is 26.0 Å². The Morgan fingerprint density at radius 3 is 2.68 bits per heavy atom. The molecule has 0 aliphatic rings. The van der Waals surface area contributed by atoms with Gasteiger partial charge in [0.2, 0.25) is 0 Å². The van der Waals surface area contributed by atoms with Crippen LogP contribution in [0.25, 0.3) is 0 Å². The van der Waals surface area contributed by atoms with Gasteiger partial charge >= 0.3 is 0 Å². The fourth-order valence-corrected chi connectivity index (χ4v) is 2.32. The molecule has 0 saturated heterocycles. The fraction of sp³-hybridized carbons (Fsp3) is 0.143. The average Bonchev–Trinajstić information content (AvgIpc) is 2.30. The van der Waals surface area contributed by atoms with Gasteiger partial charge in [-0.2, -0.15) is 0 Å². The number of nitrogens with zero attached hydrogens (tertiary/aromatic N) is 1. The zero-order chi connectivity index (χ0) is 14.0. The van der Waals surface area contributed by atoms with Crippen molar-refractivity contribution in [2.45, 2.75) is 13.8 Å². The summed E-state index contributed by atoms with van der Waals surface area (Å²) in [4.78, 5) is 16.4. The van der Waals surface area contributed by atoms with Crippen LogP contribution in [0, 0.1) is 13.8 Å². The summed E-state index contributed by atoms with van der Waals surface area (Å²) in [7, 11) is 0. The molecule has 98 valence electrons. The van der Waals surface area contributed by atoms with E-state index in [1.54, 1.807) is 18.2 Å². The maximum Gasteiger partial charge on any atom is 0.258 e. The minimum absolute atomic E-state index is 0.274. The Bertz CT molecular complexity index is 623. The van der Waals surface area contributed by atoms with Crippen molar-refractivity contribution in [1.82, 2.24) is 4.98 Å². The summed E-state index contributed by atoms with van der Waals surface area (Å²) in [5, 5.41) is 3.16. The van der Waals surface area contributed by atoms with Crippen molar-refractivity contribution in [3.63, 3.8) is 0 Å². The van der Waals surface area contributed by atoms with Gasteiger partial charge in [0.15, 0.2) is 0 Å².